The highest BCUT2D eigenvalue weighted by atomic mass is 35.5. The van der Waals surface area contributed by atoms with Gasteiger partial charge in [0.2, 0.25) is 5.89 Å². The van der Waals surface area contributed by atoms with Crippen molar-refractivity contribution in [1.29, 1.82) is 0 Å². The Balaban J connectivity index is 1.46. The first-order chi connectivity index (χ1) is 14.5. The first-order valence-corrected chi connectivity index (χ1v) is 9.86. The quantitative estimate of drug-likeness (QED) is 0.314. The van der Waals surface area contributed by atoms with Crippen LogP contribution in [0, 0.1) is 10.1 Å². The maximum Gasteiger partial charge on any atom is 0.317 e. The van der Waals surface area contributed by atoms with E-state index in [1.165, 1.54) is 24.3 Å². The van der Waals surface area contributed by atoms with Crippen molar-refractivity contribution in [3.8, 4) is 11.5 Å². The van der Waals surface area contributed by atoms with Crippen LogP contribution in [0.25, 0.3) is 11.5 Å². The Kier molecular flexibility index (Phi) is 5.50. The monoisotopic (exact) mass is 427 g/mol. The molecular weight excluding hydrogens is 410 g/mol. The van der Waals surface area contributed by atoms with E-state index in [0.29, 0.717) is 23.4 Å². The van der Waals surface area contributed by atoms with Gasteiger partial charge in [-0.3, -0.25) is 14.9 Å². The Hall–Kier alpha value is -3.26. The zero-order valence-electron chi connectivity index (χ0n) is 15.9. The molecule has 3 aromatic rings. The van der Waals surface area contributed by atoms with E-state index in [9.17, 15) is 14.9 Å². The molecule has 1 fully saturated rings. The SMILES string of the molecule is O=C(OCc1nnc(-c2ccc([N+](=O)[O-])cc2)o1)C1(c2ccc(Cl)cc2)CCCC1. The smallest absolute Gasteiger partial charge is 0.317 e. The van der Waals surface area contributed by atoms with Gasteiger partial charge in [-0.25, -0.2) is 0 Å². The molecule has 9 heteroatoms. The third-order valence-corrected chi connectivity index (χ3v) is 5.62. The number of carbonyl (C=O) groups is 1. The molecule has 0 atom stereocenters. The summed E-state index contributed by atoms with van der Waals surface area (Å²) in [6, 6.07) is 13.1. The minimum absolute atomic E-state index is 0.0310. The predicted octanol–water partition coefficient (Wildman–Crippen LogP) is 4.85. The van der Waals surface area contributed by atoms with Crippen molar-refractivity contribution in [2.45, 2.75) is 37.7 Å². The standard InChI is InChI=1S/C21H18ClN3O5/c22-16-7-5-15(6-8-16)21(11-1-2-12-21)20(26)29-13-18-23-24-19(30-18)14-3-9-17(10-4-14)25(27)28/h3-10H,1-2,11-13H2. The summed E-state index contributed by atoms with van der Waals surface area (Å²) in [7, 11) is 0. The Labute approximate surface area is 177 Å². The first-order valence-electron chi connectivity index (χ1n) is 9.48. The van der Waals surface area contributed by atoms with E-state index in [4.69, 9.17) is 20.8 Å². The first kappa shape index (κ1) is 20.0. The van der Waals surface area contributed by atoms with Gasteiger partial charge < -0.3 is 9.15 Å². The van der Waals surface area contributed by atoms with Gasteiger partial charge in [-0.1, -0.05) is 36.6 Å². The van der Waals surface area contributed by atoms with E-state index < -0.39 is 10.3 Å². The van der Waals surface area contributed by atoms with Gasteiger partial charge in [0.25, 0.3) is 11.6 Å². The fourth-order valence-electron chi connectivity index (χ4n) is 3.78. The van der Waals surface area contributed by atoms with E-state index >= 15 is 0 Å². The number of rotatable bonds is 6. The van der Waals surface area contributed by atoms with Crippen molar-refractivity contribution in [2.75, 3.05) is 0 Å². The zero-order chi connectivity index (χ0) is 21.1. The van der Waals surface area contributed by atoms with E-state index in [0.717, 1.165) is 18.4 Å². The minimum atomic E-state index is -0.689. The lowest BCUT2D eigenvalue weighted by atomic mass is 9.79. The summed E-state index contributed by atoms with van der Waals surface area (Å²) in [4.78, 5) is 23.3. The van der Waals surface area contributed by atoms with Crippen molar-refractivity contribution in [2.24, 2.45) is 0 Å². The molecule has 1 aliphatic rings. The summed E-state index contributed by atoms with van der Waals surface area (Å²) in [6.07, 6.45) is 3.32. The van der Waals surface area contributed by atoms with E-state index in [-0.39, 0.29) is 30.0 Å². The van der Waals surface area contributed by atoms with Crippen LogP contribution in [0.2, 0.25) is 5.02 Å². The molecule has 1 saturated carbocycles. The number of aromatic nitrogens is 2. The van der Waals surface area contributed by atoms with Crippen LogP contribution < -0.4 is 0 Å². The summed E-state index contributed by atoms with van der Waals surface area (Å²) in [5.74, 6) is 0.0302. The van der Waals surface area contributed by atoms with E-state index in [2.05, 4.69) is 10.2 Å². The molecule has 0 N–H and O–H groups in total. The van der Waals surface area contributed by atoms with Crippen LogP contribution in [0.5, 0.6) is 0 Å². The topological polar surface area (TPSA) is 108 Å². The van der Waals surface area contributed by atoms with Gasteiger partial charge in [0.15, 0.2) is 6.61 Å². The number of halogens is 1. The van der Waals surface area contributed by atoms with Gasteiger partial charge in [-0.05, 0) is 42.7 Å². The average molecular weight is 428 g/mol. The van der Waals surface area contributed by atoms with Gasteiger partial charge in [0.1, 0.15) is 0 Å². The Morgan fingerprint density at radius 1 is 1.10 bits per heavy atom. The van der Waals surface area contributed by atoms with Crippen molar-refractivity contribution in [3.63, 3.8) is 0 Å². The van der Waals surface area contributed by atoms with Crippen molar-refractivity contribution in [3.05, 3.63) is 75.1 Å². The van der Waals surface area contributed by atoms with Crippen molar-refractivity contribution < 1.29 is 18.9 Å². The third kappa shape index (κ3) is 3.91. The molecular formula is C21H18ClN3O5. The fraction of sp³-hybridized carbons (Fsp3) is 0.286. The van der Waals surface area contributed by atoms with Gasteiger partial charge in [-0.15, -0.1) is 10.2 Å². The Morgan fingerprint density at radius 2 is 1.77 bits per heavy atom. The second-order valence-corrected chi connectivity index (χ2v) is 7.61. The fourth-order valence-corrected chi connectivity index (χ4v) is 3.90. The highest BCUT2D eigenvalue weighted by Gasteiger charge is 2.44. The molecule has 0 spiro atoms. The number of hydrogen-bond acceptors (Lipinski definition) is 7. The molecule has 2 aromatic carbocycles. The number of nitro groups is 1. The second-order valence-electron chi connectivity index (χ2n) is 7.18. The lowest BCUT2D eigenvalue weighted by Gasteiger charge is -2.27. The molecule has 154 valence electrons. The average Bonchev–Trinajstić information content (AvgIpc) is 3.43. The molecule has 0 saturated heterocycles. The summed E-state index contributed by atoms with van der Waals surface area (Å²) in [5, 5.41) is 19.2. The van der Waals surface area contributed by atoms with Crippen LogP contribution >= 0.6 is 11.6 Å². The molecule has 0 bridgehead atoms. The van der Waals surface area contributed by atoms with Crippen LogP contribution in [-0.4, -0.2) is 21.1 Å². The van der Waals surface area contributed by atoms with Gasteiger partial charge in [0, 0.05) is 22.7 Å². The molecule has 1 heterocycles. The second kappa shape index (κ2) is 8.23. The molecule has 8 nitrogen and oxygen atoms in total. The summed E-state index contributed by atoms with van der Waals surface area (Å²) < 4.78 is 11.1. The molecule has 0 aliphatic heterocycles. The largest absolute Gasteiger partial charge is 0.455 e. The molecule has 30 heavy (non-hydrogen) atoms. The van der Waals surface area contributed by atoms with Crippen molar-refractivity contribution >= 4 is 23.3 Å². The van der Waals surface area contributed by atoms with Gasteiger partial charge in [-0.2, -0.15) is 0 Å². The molecule has 0 unspecified atom stereocenters. The van der Waals surface area contributed by atoms with E-state index in [1.54, 1.807) is 12.1 Å². The number of hydrogen-bond donors (Lipinski definition) is 0. The van der Waals surface area contributed by atoms with Crippen LogP contribution in [-0.2, 0) is 21.6 Å². The van der Waals surface area contributed by atoms with Crippen LogP contribution in [0.4, 0.5) is 5.69 Å². The maximum absolute atomic E-state index is 13.0. The predicted molar refractivity (Wildman–Crippen MR) is 108 cm³/mol. The molecule has 1 aromatic heterocycles. The van der Waals surface area contributed by atoms with Crippen LogP contribution in [0.1, 0.15) is 37.1 Å². The zero-order valence-corrected chi connectivity index (χ0v) is 16.7. The number of ether oxygens (including phenoxy) is 1. The minimum Gasteiger partial charge on any atom is -0.455 e. The summed E-state index contributed by atoms with van der Waals surface area (Å²) >= 11 is 5.98. The van der Waals surface area contributed by atoms with Crippen molar-refractivity contribution in [1.82, 2.24) is 10.2 Å². The molecule has 0 radical (unpaired) electrons. The number of nitrogens with zero attached hydrogens (tertiary/aromatic N) is 3. The van der Waals surface area contributed by atoms with Gasteiger partial charge in [0.05, 0.1) is 10.3 Å². The third-order valence-electron chi connectivity index (χ3n) is 5.36. The summed E-state index contributed by atoms with van der Waals surface area (Å²) in [5.41, 5.74) is 0.716. The van der Waals surface area contributed by atoms with Crippen LogP contribution in [0.15, 0.2) is 52.9 Å². The van der Waals surface area contributed by atoms with Gasteiger partial charge >= 0.3 is 5.97 Å². The number of non-ortho nitro benzene ring substituents is 1. The molecule has 4 rings (SSSR count). The highest BCUT2D eigenvalue weighted by Crippen LogP contribution is 2.42. The highest BCUT2D eigenvalue weighted by molar-refractivity contribution is 6.30. The summed E-state index contributed by atoms with van der Waals surface area (Å²) in [6.45, 7) is -0.145. The lowest BCUT2D eigenvalue weighted by molar-refractivity contribution is -0.384. The number of esters is 1. The maximum atomic E-state index is 13.0. The Morgan fingerprint density at radius 3 is 2.40 bits per heavy atom. The molecule has 1 aliphatic carbocycles. The van der Waals surface area contributed by atoms with Crippen LogP contribution in [0.3, 0.4) is 0 Å². The normalized spacial score (nSPS) is 15.1. The molecule has 0 amide bonds. The number of nitro benzene ring substituents is 1. The Bertz CT molecular complexity index is 1060. The lowest BCUT2D eigenvalue weighted by Crippen LogP contribution is -2.34. The van der Waals surface area contributed by atoms with E-state index in [1.807, 2.05) is 12.1 Å². The number of benzene rings is 2. The number of carbonyl (C=O) groups excluding carboxylic acids is 1.